The van der Waals surface area contributed by atoms with Crippen LogP contribution in [0.3, 0.4) is 0 Å². The van der Waals surface area contributed by atoms with Crippen LogP contribution < -0.4 is 15.5 Å². The second-order valence-electron chi connectivity index (χ2n) is 9.04. The van der Waals surface area contributed by atoms with E-state index < -0.39 is 11.6 Å². The van der Waals surface area contributed by atoms with Gasteiger partial charge in [-0.15, -0.1) is 0 Å². The largest absolute Gasteiger partial charge is 0.359 e. The van der Waals surface area contributed by atoms with Crippen molar-refractivity contribution in [2.75, 3.05) is 42.9 Å². The van der Waals surface area contributed by atoms with Gasteiger partial charge in [-0.1, -0.05) is 12.1 Å². The maximum Gasteiger partial charge on any atom is 0.251 e. The number of fused-ring (bicyclic) bond motifs is 1. The van der Waals surface area contributed by atoms with Crippen LogP contribution in [0.2, 0.25) is 0 Å². The summed E-state index contributed by atoms with van der Waals surface area (Å²) in [5, 5.41) is 5.94. The van der Waals surface area contributed by atoms with Crippen LogP contribution in [0.5, 0.6) is 0 Å². The van der Waals surface area contributed by atoms with Crippen molar-refractivity contribution in [3.05, 3.63) is 77.5 Å². The molecule has 3 aromatic rings. The Balaban J connectivity index is 1.31. The lowest BCUT2D eigenvalue weighted by Crippen LogP contribution is -2.40. The van der Waals surface area contributed by atoms with E-state index in [4.69, 9.17) is 0 Å². The Bertz CT molecular complexity index is 1280. The number of hydrogen-bond acceptors (Lipinski definition) is 5. The van der Waals surface area contributed by atoms with Gasteiger partial charge >= 0.3 is 0 Å². The van der Waals surface area contributed by atoms with Gasteiger partial charge < -0.3 is 20.4 Å². The minimum absolute atomic E-state index is 0.0118. The van der Waals surface area contributed by atoms with Gasteiger partial charge in [0, 0.05) is 36.0 Å². The molecular formula is C27H27F2N5O2. The second kappa shape index (κ2) is 10.4. The lowest BCUT2D eigenvalue weighted by atomic mass is 10.0. The Kier molecular flexibility index (Phi) is 6.90. The number of carbonyl (C=O) groups is 2. The molecule has 0 saturated carbocycles. The van der Waals surface area contributed by atoms with E-state index in [9.17, 15) is 18.4 Å². The summed E-state index contributed by atoms with van der Waals surface area (Å²) < 4.78 is 27.9. The number of anilines is 2. The molecule has 5 rings (SSSR count). The van der Waals surface area contributed by atoms with Crippen LogP contribution in [0.15, 0.2) is 54.7 Å². The fourth-order valence-corrected chi connectivity index (χ4v) is 4.60. The first-order chi connectivity index (χ1) is 17.5. The zero-order chi connectivity index (χ0) is 25.1. The van der Waals surface area contributed by atoms with E-state index in [0.717, 1.165) is 49.0 Å². The number of pyridine rings is 1. The van der Waals surface area contributed by atoms with Crippen molar-refractivity contribution < 1.29 is 18.4 Å². The number of likely N-dealkylation sites (tertiary alicyclic amines) is 1. The van der Waals surface area contributed by atoms with Gasteiger partial charge in [0.2, 0.25) is 5.91 Å². The van der Waals surface area contributed by atoms with Crippen molar-refractivity contribution in [3.63, 3.8) is 0 Å². The molecule has 2 aromatic carbocycles. The third-order valence-electron chi connectivity index (χ3n) is 6.60. The molecular weight excluding hydrogens is 464 g/mol. The minimum Gasteiger partial charge on any atom is -0.359 e. The van der Waals surface area contributed by atoms with E-state index >= 15 is 0 Å². The van der Waals surface area contributed by atoms with Crippen molar-refractivity contribution in [1.29, 1.82) is 0 Å². The van der Waals surface area contributed by atoms with E-state index in [0.29, 0.717) is 23.6 Å². The summed E-state index contributed by atoms with van der Waals surface area (Å²) in [5.74, 6) is -1.05. The second-order valence-corrected chi connectivity index (χ2v) is 9.04. The number of halogens is 2. The van der Waals surface area contributed by atoms with E-state index in [-0.39, 0.29) is 30.5 Å². The van der Waals surface area contributed by atoms with E-state index in [2.05, 4.69) is 20.5 Å². The van der Waals surface area contributed by atoms with E-state index in [1.54, 1.807) is 24.4 Å². The minimum atomic E-state index is -0.581. The fraction of sp³-hybridized carbons (Fsp3) is 0.296. The molecule has 1 aromatic heterocycles. The zero-order valence-electron chi connectivity index (χ0n) is 19.8. The van der Waals surface area contributed by atoms with Crippen LogP contribution in [0, 0.1) is 11.6 Å². The quantitative estimate of drug-likeness (QED) is 0.526. The SMILES string of the molecule is O=C(NCCN1CCCC1)c1ccc(-c2cnc3c(c2)N(Cc2cc(F)ccc2F)C(=O)CN3)cc1. The highest BCUT2D eigenvalue weighted by Gasteiger charge is 2.26. The van der Waals surface area contributed by atoms with E-state index in [1.165, 1.54) is 17.7 Å². The fourth-order valence-electron chi connectivity index (χ4n) is 4.60. The molecule has 0 atom stereocenters. The average Bonchev–Trinajstić information content (AvgIpc) is 3.41. The molecule has 36 heavy (non-hydrogen) atoms. The number of nitrogens with zero attached hydrogens (tertiary/aromatic N) is 3. The van der Waals surface area contributed by atoms with E-state index in [1.807, 2.05) is 12.1 Å². The Morgan fingerprint density at radius 2 is 1.81 bits per heavy atom. The van der Waals surface area contributed by atoms with Crippen molar-refractivity contribution >= 4 is 23.3 Å². The first kappa shape index (κ1) is 23.9. The summed E-state index contributed by atoms with van der Waals surface area (Å²) >= 11 is 0. The van der Waals surface area contributed by atoms with Gasteiger partial charge in [-0.3, -0.25) is 9.59 Å². The predicted molar refractivity (Wildman–Crippen MR) is 134 cm³/mol. The molecule has 1 saturated heterocycles. The topological polar surface area (TPSA) is 77.6 Å². The zero-order valence-corrected chi connectivity index (χ0v) is 19.8. The highest BCUT2D eigenvalue weighted by atomic mass is 19.1. The molecule has 186 valence electrons. The number of carbonyl (C=O) groups excluding carboxylic acids is 2. The summed E-state index contributed by atoms with van der Waals surface area (Å²) in [5.41, 5.74) is 2.67. The van der Waals surface area contributed by atoms with Crippen molar-refractivity contribution in [1.82, 2.24) is 15.2 Å². The highest BCUT2D eigenvalue weighted by molar-refractivity contribution is 6.02. The van der Waals surface area contributed by atoms with Crippen LogP contribution >= 0.6 is 0 Å². The molecule has 2 aliphatic heterocycles. The van der Waals surface area contributed by atoms with Gasteiger partial charge in [0.15, 0.2) is 5.82 Å². The molecule has 7 nitrogen and oxygen atoms in total. The van der Waals surface area contributed by atoms with Crippen molar-refractivity contribution in [2.45, 2.75) is 19.4 Å². The van der Waals surface area contributed by atoms with Crippen LogP contribution in [-0.4, -0.2) is 54.4 Å². The molecule has 0 spiro atoms. The average molecular weight is 492 g/mol. The van der Waals surface area contributed by atoms with Crippen LogP contribution in [0.4, 0.5) is 20.3 Å². The molecule has 0 unspecified atom stereocenters. The summed E-state index contributed by atoms with van der Waals surface area (Å²) in [6, 6.07) is 12.1. The molecule has 1 fully saturated rings. The smallest absolute Gasteiger partial charge is 0.251 e. The number of benzene rings is 2. The molecule has 0 bridgehead atoms. The molecule has 3 heterocycles. The van der Waals surface area contributed by atoms with Gasteiger partial charge in [-0.05, 0) is 67.9 Å². The van der Waals surface area contributed by atoms with Gasteiger partial charge in [-0.25, -0.2) is 13.8 Å². The van der Waals surface area contributed by atoms with Crippen LogP contribution in [0.1, 0.15) is 28.8 Å². The normalized spacial score (nSPS) is 15.5. The maximum absolute atomic E-state index is 14.3. The molecule has 0 aliphatic carbocycles. The van der Waals surface area contributed by atoms with Gasteiger partial charge in [0.05, 0.1) is 18.8 Å². The predicted octanol–water partition coefficient (Wildman–Crippen LogP) is 3.81. The molecule has 2 amide bonds. The maximum atomic E-state index is 14.3. The number of amides is 2. The third-order valence-corrected chi connectivity index (χ3v) is 6.60. The summed E-state index contributed by atoms with van der Waals surface area (Å²) in [4.78, 5) is 33.4. The molecule has 0 radical (unpaired) electrons. The number of nitrogens with one attached hydrogen (secondary N) is 2. The first-order valence-electron chi connectivity index (χ1n) is 12.1. The van der Waals surface area contributed by atoms with Crippen molar-refractivity contribution in [2.24, 2.45) is 0 Å². The van der Waals surface area contributed by atoms with Crippen LogP contribution in [0.25, 0.3) is 11.1 Å². The Morgan fingerprint density at radius 1 is 1.03 bits per heavy atom. The number of hydrogen-bond donors (Lipinski definition) is 2. The lowest BCUT2D eigenvalue weighted by Gasteiger charge is -2.30. The molecule has 2 aliphatic rings. The summed E-state index contributed by atoms with van der Waals surface area (Å²) in [7, 11) is 0. The molecule has 2 N–H and O–H groups in total. The lowest BCUT2D eigenvalue weighted by molar-refractivity contribution is -0.117. The Morgan fingerprint density at radius 3 is 2.58 bits per heavy atom. The standard InChI is InChI=1S/C27H27F2N5O2/c28-22-7-8-23(29)21(13-22)17-34-24-14-20(15-31-26(24)32-16-25(34)35)18-3-5-19(6-4-18)27(36)30-9-12-33-10-1-2-11-33/h3-8,13-15H,1-2,9-12,16-17H2,(H,30,36)(H,31,32). The van der Waals surface area contributed by atoms with Gasteiger partial charge in [-0.2, -0.15) is 0 Å². The number of rotatable bonds is 7. The Labute approximate surface area is 208 Å². The highest BCUT2D eigenvalue weighted by Crippen LogP contribution is 2.33. The van der Waals surface area contributed by atoms with Gasteiger partial charge in [0.25, 0.3) is 5.91 Å². The molecule has 9 heteroatoms. The summed E-state index contributed by atoms with van der Waals surface area (Å²) in [6.45, 7) is 3.55. The third kappa shape index (κ3) is 5.21. The number of aromatic nitrogens is 1. The Hall–Kier alpha value is -3.85. The summed E-state index contributed by atoms with van der Waals surface area (Å²) in [6.07, 6.45) is 4.11. The van der Waals surface area contributed by atoms with Crippen LogP contribution in [-0.2, 0) is 11.3 Å². The first-order valence-corrected chi connectivity index (χ1v) is 12.1. The van der Waals surface area contributed by atoms with Crippen molar-refractivity contribution in [3.8, 4) is 11.1 Å². The monoisotopic (exact) mass is 491 g/mol. The van der Waals surface area contributed by atoms with Gasteiger partial charge in [0.1, 0.15) is 11.6 Å².